The third kappa shape index (κ3) is 5.52. The summed E-state index contributed by atoms with van der Waals surface area (Å²) in [5.74, 6) is 5.71. The number of rotatable bonds is 5. The van der Waals surface area contributed by atoms with Crippen LogP contribution >= 0.6 is 0 Å². The van der Waals surface area contributed by atoms with Gasteiger partial charge in [0.15, 0.2) is 0 Å². The van der Waals surface area contributed by atoms with Crippen molar-refractivity contribution in [1.29, 1.82) is 0 Å². The number of aromatic amines is 1. The molecule has 2 N–H and O–H groups in total. The first-order chi connectivity index (χ1) is 15.6. The van der Waals surface area contributed by atoms with E-state index in [4.69, 9.17) is 4.74 Å². The van der Waals surface area contributed by atoms with Gasteiger partial charge in [0.25, 0.3) is 11.1 Å². The molecule has 164 valence electrons. The number of morpholine rings is 1. The maximum atomic E-state index is 12.4. The van der Waals surface area contributed by atoms with Crippen LogP contribution in [0.3, 0.4) is 0 Å². The fraction of sp³-hybridized carbons (Fsp3) is 0.292. The van der Waals surface area contributed by atoms with Gasteiger partial charge in [0, 0.05) is 56.0 Å². The van der Waals surface area contributed by atoms with Crippen LogP contribution in [0.2, 0.25) is 0 Å². The average Bonchev–Trinajstić information content (AvgIpc) is 2.81. The minimum atomic E-state index is -0.595. The molecular weight excluding hydrogens is 408 g/mol. The predicted molar refractivity (Wildman–Crippen MR) is 119 cm³/mol. The van der Waals surface area contributed by atoms with Crippen molar-refractivity contribution in [2.45, 2.75) is 19.5 Å². The second-order valence-corrected chi connectivity index (χ2v) is 7.56. The van der Waals surface area contributed by atoms with Gasteiger partial charge in [-0.1, -0.05) is 24.0 Å². The van der Waals surface area contributed by atoms with Crippen molar-refractivity contribution in [3.8, 4) is 17.6 Å². The molecule has 0 radical (unpaired) electrons. The molecule has 0 unspecified atom stereocenters. The molecule has 3 heterocycles. The Hall–Kier alpha value is -3.67. The van der Waals surface area contributed by atoms with E-state index in [-0.39, 0.29) is 17.7 Å². The van der Waals surface area contributed by atoms with Gasteiger partial charge < -0.3 is 19.4 Å². The Balaban J connectivity index is 1.38. The average molecular weight is 432 g/mol. The molecule has 1 saturated heterocycles. The normalized spacial score (nSPS) is 14.0. The van der Waals surface area contributed by atoms with Crippen molar-refractivity contribution < 1.29 is 9.84 Å². The second kappa shape index (κ2) is 10.1. The number of pyridine rings is 1. The third-order valence-electron chi connectivity index (χ3n) is 5.31. The molecule has 0 amide bonds. The number of benzene rings is 1. The first kappa shape index (κ1) is 21.6. The summed E-state index contributed by atoms with van der Waals surface area (Å²) >= 11 is 0. The molecule has 32 heavy (non-hydrogen) atoms. The van der Waals surface area contributed by atoms with E-state index in [1.54, 1.807) is 12.3 Å². The Bertz CT molecular complexity index is 1250. The van der Waals surface area contributed by atoms with Crippen molar-refractivity contribution in [2.24, 2.45) is 0 Å². The third-order valence-corrected chi connectivity index (χ3v) is 5.31. The highest BCUT2D eigenvalue weighted by Crippen LogP contribution is 2.09. The van der Waals surface area contributed by atoms with E-state index < -0.39 is 11.3 Å². The number of aromatic nitrogens is 3. The zero-order valence-electron chi connectivity index (χ0n) is 17.6. The zero-order valence-corrected chi connectivity index (χ0v) is 17.6. The van der Waals surface area contributed by atoms with Crippen LogP contribution in [0.1, 0.15) is 22.4 Å². The van der Waals surface area contributed by atoms with Gasteiger partial charge in [-0.25, -0.2) is 4.98 Å². The van der Waals surface area contributed by atoms with Gasteiger partial charge in [-0.15, -0.1) is 0 Å². The predicted octanol–water partition coefficient (Wildman–Crippen LogP) is 1.11. The molecule has 1 aliphatic heterocycles. The maximum absolute atomic E-state index is 12.4. The van der Waals surface area contributed by atoms with Crippen LogP contribution in [0.25, 0.3) is 0 Å². The van der Waals surface area contributed by atoms with Crippen molar-refractivity contribution in [3.05, 3.63) is 92.0 Å². The van der Waals surface area contributed by atoms with Crippen LogP contribution in [-0.2, 0) is 24.2 Å². The van der Waals surface area contributed by atoms with E-state index in [0.29, 0.717) is 12.1 Å². The molecule has 0 bridgehead atoms. The van der Waals surface area contributed by atoms with Crippen LogP contribution in [0.15, 0.2) is 58.5 Å². The minimum Gasteiger partial charge on any atom is -0.502 e. The van der Waals surface area contributed by atoms with Gasteiger partial charge in [-0.3, -0.25) is 14.5 Å². The number of ether oxygens (including phenoxy) is 1. The van der Waals surface area contributed by atoms with Crippen LogP contribution in [0, 0.1) is 11.8 Å². The molecule has 0 spiro atoms. The number of nitrogens with zero attached hydrogens (tertiary/aromatic N) is 3. The fourth-order valence-electron chi connectivity index (χ4n) is 3.46. The number of hydrogen-bond acceptors (Lipinski definition) is 6. The maximum Gasteiger partial charge on any atom is 0.293 e. The quantitative estimate of drug-likeness (QED) is 0.586. The lowest BCUT2D eigenvalue weighted by atomic mass is 10.1. The summed E-state index contributed by atoms with van der Waals surface area (Å²) in [6, 6.07) is 11.4. The van der Waals surface area contributed by atoms with Gasteiger partial charge >= 0.3 is 0 Å². The Labute approximate surface area is 185 Å². The van der Waals surface area contributed by atoms with Crippen LogP contribution in [-0.4, -0.2) is 50.8 Å². The second-order valence-electron chi connectivity index (χ2n) is 7.56. The first-order valence-electron chi connectivity index (χ1n) is 10.5. The number of nitrogens with one attached hydrogen (secondary N) is 1. The lowest BCUT2D eigenvalue weighted by Crippen LogP contribution is -2.35. The highest BCUT2D eigenvalue weighted by atomic mass is 16.5. The van der Waals surface area contributed by atoms with Gasteiger partial charge in [-0.2, -0.15) is 0 Å². The molecule has 2 aromatic heterocycles. The molecule has 1 aliphatic rings. The van der Waals surface area contributed by atoms with Crippen molar-refractivity contribution in [3.63, 3.8) is 0 Å². The monoisotopic (exact) mass is 432 g/mol. The lowest BCUT2D eigenvalue weighted by Gasteiger charge is -2.26. The van der Waals surface area contributed by atoms with E-state index in [1.165, 1.54) is 22.5 Å². The van der Waals surface area contributed by atoms with Crippen molar-refractivity contribution in [1.82, 2.24) is 19.4 Å². The van der Waals surface area contributed by atoms with Crippen LogP contribution in [0.4, 0.5) is 0 Å². The molecule has 8 nitrogen and oxygen atoms in total. The van der Waals surface area contributed by atoms with Crippen LogP contribution in [0.5, 0.6) is 5.75 Å². The standard InChI is InChI=1S/C24H24N4O4/c29-22-15-19(7-9-28(22)10-8-21-23(30)24(31)26-17-25-21)4-1-18-2-5-20(6-3-18)16-27-11-13-32-14-12-27/h2-3,5-7,9,15,17,30H,8,10-14,16H2,(H,25,26,31). The smallest absolute Gasteiger partial charge is 0.293 e. The number of H-pyrrole nitrogens is 1. The number of aromatic hydroxyl groups is 1. The summed E-state index contributed by atoms with van der Waals surface area (Å²) in [5, 5.41) is 9.75. The molecule has 0 atom stereocenters. The largest absolute Gasteiger partial charge is 0.502 e. The number of hydrogen-bond donors (Lipinski definition) is 2. The molecule has 0 saturated carbocycles. The Morgan fingerprint density at radius 1 is 1.06 bits per heavy atom. The fourth-order valence-corrected chi connectivity index (χ4v) is 3.46. The van der Waals surface area contributed by atoms with E-state index >= 15 is 0 Å². The van der Waals surface area contributed by atoms with E-state index in [1.807, 2.05) is 12.1 Å². The minimum absolute atomic E-state index is 0.206. The van der Waals surface area contributed by atoms with Crippen molar-refractivity contribution >= 4 is 0 Å². The summed E-state index contributed by atoms with van der Waals surface area (Å²) in [7, 11) is 0. The van der Waals surface area contributed by atoms with E-state index in [9.17, 15) is 14.7 Å². The molecular formula is C24H24N4O4. The SMILES string of the molecule is O=c1[nH]cnc(CCn2ccc(C#Cc3ccc(CN4CCOCC4)cc3)cc2=O)c1O. The molecule has 8 heteroatoms. The highest BCUT2D eigenvalue weighted by molar-refractivity contribution is 5.42. The molecule has 1 fully saturated rings. The van der Waals surface area contributed by atoms with E-state index in [0.717, 1.165) is 38.4 Å². The lowest BCUT2D eigenvalue weighted by molar-refractivity contribution is 0.0342. The highest BCUT2D eigenvalue weighted by Gasteiger charge is 2.10. The summed E-state index contributed by atoms with van der Waals surface area (Å²) in [4.78, 5) is 32.4. The zero-order chi connectivity index (χ0) is 22.3. The van der Waals surface area contributed by atoms with Crippen molar-refractivity contribution in [2.75, 3.05) is 26.3 Å². The van der Waals surface area contributed by atoms with E-state index in [2.05, 4.69) is 38.8 Å². The summed E-state index contributed by atoms with van der Waals surface area (Å²) in [6.45, 7) is 4.67. The van der Waals surface area contributed by atoms with Gasteiger partial charge in [0.1, 0.15) is 0 Å². The summed E-state index contributed by atoms with van der Waals surface area (Å²) in [5.41, 5.74) is 2.20. The Morgan fingerprint density at radius 2 is 1.81 bits per heavy atom. The Morgan fingerprint density at radius 3 is 2.56 bits per heavy atom. The van der Waals surface area contributed by atoms with Crippen LogP contribution < -0.4 is 11.1 Å². The van der Waals surface area contributed by atoms with Gasteiger partial charge in [-0.05, 0) is 23.8 Å². The topological polar surface area (TPSA) is 100 Å². The molecule has 1 aromatic carbocycles. The molecule has 3 aromatic rings. The molecule has 4 rings (SSSR count). The van der Waals surface area contributed by atoms with Gasteiger partial charge in [0.05, 0.1) is 25.2 Å². The first-order valence-corrected chi connectivity index (χ1v) is 10.5. The molecule has 0 aliphatic carbocycles. The Kier molecular flexibility index (Phi) is 6.80. The number of aryl methyl sites for hydroxylation is 2. The van der Waals surface area contributed by atoms with Gasteiger partial charge in [0.2, 0.25) is 5.75 Å². The summed E-state index contributed by atoms with van der Waals surface area (Å²) in [6.07, 6.45) is 3.15. The summed E-state index contributed by atoms with van der Waals surface area (Å²) < 4.78 is 6.87.